The zero-order valence-electron chi connectivity index (χ0n) is 8.83. The Hall–Kier alpha value is -1.83. The highest BCUT2D eigenvalue weighted by Crippen LogP contribution is 2.25. The molecule has 0 atom stereocenters. The molecule has 0 aliphatic heterocycles. The minimum absolute atomic E-state index is 1.06. The first kappa shape index (κ1) is 8.48. The second-order valence-electron chi connectivity index (χ2n) is 4.06. The maximum atomic E-state index is 4.43. The molecule has 1 N–H and O–H groups in total. The van der Waals surface area contributed by atoms with E-state index >= 15 is 0 Å². The molecule has 0 spiro atoms. The van der Waals surface area contributed by atoms with Gasteiger partial charge < -0.3 is 4.98 Å². The van der Waals surface area contributed by atoms with Crippen molar-refractivity contribution in [3.05, 3.63) is 41.7 Å². The van der Waals surface area contributed by atoms with Crippen molar-refractivity contribution in [2.75, 3.05) is 0 Å². The van der Waals surface area contributed by atoms with Crippen LogP contribution in [0.5, 0.6) is 0 Å². The lowest BCUT2D eigenvalue weighted by Crippen LogP contribution is -1.81. The molecule has 0 amide bonds. The van der Waals surface area contributed by atoms with Crippen molar-refractivity contribution in [2.24, 2.45) is 0 Å². The van der Waals surface area contributed by atoms with Crippen LogP contribution in [0.25, 0.3) is 21.8 Å². The number of nitrogens with zero attached hydrogens (tertiary/aromatic N) is 1. The van der Waals surface area contributed by atoms with Crippen molar-refractivity contribution in [1.29, 1.82) is 0 Å². The van der Waals surface area contributed by atoms with Crippen molar-refractivity contribution in [1.82, 2.24) is 9.97 Å². The molecule has 2 heteroatoms. The van der Waals surface area contributed by atoms with Gasteiger partial charge in [-0.05, 0) is 43.7 Å². The van der Waals surface area contributed by atoms with Crippen molar-refractivity contribution in [3.63, 3.8) is 0 Å². The first-order valence-electron chi connectivity index (χ1n) is 5.09. The van der Waals surface area contributed by atoms with Crippen LogP contribution in [0.4, 0.5) is 0 Å². The Kier molecular flexibility index (Phi) is 1.60. The van der Waals surface area contributed by atoms with Crippen LogP contribution in [0.3, 0.4) is 0 Å². The summed E-state index contributed by atoms with van der Waals surface area (Å²) in [5.41, 5.74) is 4.65. The summed E-state index contributed by atoms with van der Waals surface area (Å²) in [5, 5.41) is 2.50. The molecule has 3 aromatic rings. The molecular formula is C13H12N2. The summed E-state index contributed by atoms with van der Waals surface area (Å²) in [7, 11) is 0. The molecule has 1 aromatic carbocycles. The van der Waals surface area contributed by atoms with E-state index in [-0.39, 0.29) is 0 Å². The quantitative estimate of drug-likeness (QED) is 0.587. The van der Waals surface area contributed by atoms with Crippen LogP contribution in [0.2, 0.25) is 0 Å². The summed E-state index contributed by atoms with van der Waals surface area (Å²) >= 11 is 0. The van der Waals surface area contributed by atoms with E-state index in [1.54, 1.807) is 0 Å². The number of H-pyrrole nitrogens is 1. The van der Waals surface area contributed by atoms with Crippen molar-refractivity contribution in [3.8, 4) is 0 Å². The van der Waals surface area contributed by atoms with Gasteiger partial charge in [-0.1, -0.05) is 0 Å². The van der Waals surface area contributed by atoms with Crippen molar-refractivity contribution < 1.29 is 0 Å². The highest BCUT2D eigenvalue weighted by Gasteiger charge is 2.03. The fraction of sp³-hybridized carbons (Fsp3) is 0.154. The average Bonchev–Trinajstić information content (AvgIpc) is 2.58. The third kappa shape index (κ3) is 1.22. The third-order valence-corrected chi connectivity index (χ3v) is 2.74. The summed E-state index contributed by atoms with van der Waals surface area (Å²) in [6.45, 7) is 4.15. The second kappa shape index (κ2) is 2.83. The molecule has 0 saturated carbocycles. The Morgan fingerprint density at radius 1 is 1.07 bits per heavy atom. The Balaban J connectivity index is 2.56. The van der Waals surface area contributed by atoms with Gasteiger partial charge in [0.05, 0.1) is 5.52 Å². The molecule has 0 aliphatic carbocycles. The first-order valence-corrected chi connectivity index (χ1v) is 5.09. The summed E-state index contributed by atoms with van der Waals surface area (Å²) in [6, 6.07) is 8.52. The molecular weight excluding hydrogens is 184 g/mol. The largest absolute Gasteiger partial charge is 0.359 e. The molecule has 2 aromatic heterocycles. The van der Waals surface area contributed by atoms with E-state index in [1.807, 2.05) is 6.20 Å². The van der Waals surface area contributed by atoms with Gasteiger partial charge in [-0.15, -0.1) is 0 Å². The zero-order chi connectivity index (χ0) is 10.4. The number of benzene rings is 1. The van der Waals surface area contributed by atoms with Gasteiger partial charge in [0, 0.05) is 28.2 Å². The van der Waals surface area contributed by atoms with E-state index in [9.17, 15) is 0 Å². The second-order valence-corrected chi connectivity index (χ2v) is 4.06. The van der Waals surface area contributed by atoms with Crippen LogP contribution in [-0.4, -0.2) is 9.97 Å². The zero-order valence-corrected chi connectivity index (χ0v) is 8.83. The lowest BCUT2D eigenvalue weighted by molar-refractivity contribution is 1.30. The average molecular weight is 196 g/mol. The Bertz CT molecular complexity index is 650. The van der Waals surface area contributed by atoms with E-state index in [2.05, 4.69) is 48.1 Å². The predicted molar refractivity (Wildman–Crippen MR) is 63.1 cm³/mol. The monoisotopic (exact) mass is 196 g/mol. The van der Waals surface area contributed by atoms with E-state index in [0.29, 0.717) is 0 Å². The number of aromatic amines is 1. The SMILES string of the molecule is Cc1cnc2ccc3[nH]c(C)cc3c2c1. The van der Waals surface area contributed by atoms with Crippen LogP contribution < -0.4 is 0 Å². The normalized spacial score (nSPS) is 11.3. The predicted octanol–water partition coefficient (Wildman–Crippen LogP) is 3.33. The smallest absolute Gasteiger partial charge is 0.0709 e. The lowest BCUT2D eigenvalue weighted by atomic mass is 10.1. The lowest BCUT2D eigenvalue weighted by Gasteiger charge is -1.99. The minimum atomic E-state index is 1.06. The molecule has 2 heterocycles. The fourth-order valence-corrected chi connectivity index (χ4v) is 2.05. The molecule has 0 fully saturated rings. The van der Waals surface area contributed by atoms with E-state index in [1.165, 1.54) is 27.5 Å². The van der Waals surface area contributed by atoms with Gasteiger partial charge >= 0.3 is 0 Å². The van der Waals surface area contributed by atoms with Gasteiger partial charge in [0.25, 0.3) is 0 Å². The third-order valence-electron chi connectivity index (χ3n) is 2.74. The van der Waals surface area contributed by atoms with Crippen molar-refractivity contribution in [2.45, 2.75) is 13.8 Å². The van der Waals surface area contributed by atoms with Gasteiger partial charge in [-0.3, -0.25) is 4.98 Å². The number of nitrogens with one attached hydrogen (secondary N) is 1. The summed E-state index contributed by atoms with van der Waals surface area (Å²) in [5.74, 6) is 0. The van der Waals surface area contributed by atoms with Crippen LogP contribution in [0, 0.1) is 13.8 Å². The molecule has 2 nitrogen and oxygen atoms in total. The molecule has 0 radical (unpaired) electrons. The minimum Gasteiger partial charge on any atom is -0.359 e. The van der Waals surface area contributed by atoms with Gasteiger partial charge in [-0.25, -0.2) is 0 Å². The Morgan fingerprint density at radius 3 is 2.80 bits per heavy atom. The first-order chi connectivity index (χ1) is 7.24. The number of fused-ring (bicyclic) bond motifs is 3. The highest BCUT2D eigenvalue weighted by molar-refractivity contribution is 6.05. The number of hydrogen-bond donors (Lipinski definition) is 1. The Morgan fingerprint density at radius 2 is 1.93 bits per heavy atom. The van der Waals surface area contributed by atoms with E-state index < -0.39 is 0 Å². The van der Waals surface area contributed by atoms with Crippen LogP contribution in [0.1, 0.15) is 11.3 Å². The standard InChI is InChI=1S/C13H12N2/c1-8-5-10-11-6-9(2)15-13(11)4-3-12(10)14-7-8/h3-7,15H,1-2H3. The van der Waals surface area contributed by atoms with Gasteiger partial charge in [0.15, 0.2) is 0 Å². The molecule has 0 bridgehead atoms. The molecule has 74 valence electrons. The van der Waals surface area contributed by atoms with E-state index in [4.69, 9.17) is 0 Å². The summed E-state index contributed by atoms with van der Waals surface area (Å²) in [6.07, 6.45) is 1.91. The van der Waals surface area contributed by atoms with Gasteiger partial charge in [-0.2, -0.15) is 0 Å². The topological polar surface area (TPSA) is 28.7 Å². The molecule has 0 saturated heterocycles. The maximum Gasteiger partial charge on any atom is 0.0709 e. The molecule has 15 heavy (non-hydrogen) atoms. The maximum absolute atomic E-state index is 4.43. The van der Waals surface area contributed by atoms with Gasteiger partial charge in [0.2, 0.25) is 0 Å². The van der Waals surface area contributed by atoms with Crippen molar-refractivity contribution >= 4 is 21.8 Å². The Labute approximate surface area is 88.0 Å². The van der Waals surface area contributed by atoms with Gasteiger partial charge in [0.1, 0.15) is 0 Å². The summed E-state index contributed by atoms with van der Waals surface area (Å²) in [4.78, 5) is 7.77. The van der Waals surface area contributed by atoms with Crippen LogP contribution in [-0.2, 0) is 0 Å². The highest BCUT2D eigenvalue weighted by atomic mass is 14.7. The fourth-order valence-electron chi connectivity index (χ4n) is 2.05. The summed E-state index contributed by atoms with van der Waals surface area (Å²) < 4.78 is 0. The number of hydrogen-bond acceptors (Lipinski definition) is 1. The number of aromatic nitrogens is 2. The molecule has 0 aliphatic rings. The van der Waals surface area contributed by atoms with E-state index in [0.717, 1.165) is 5.52 Å². The number of aryl methyl sites for hydroxylation is 2. The van der Waals surface area contributed by atoms with Crippen LogP contribution in [0.15, 0.2) is 30.5 Å². The number of rotatable bonds is 0. The molecule has 3 rings (SSSR count). The number of pyridine rings is 1. The molecule has 0 unspecified atom stereocenters. The van der Waals surface area contributed by atoms with Crippen LogP contribution >= 0.6 is 0 Å².